The topological polar surface area (TPSA) is 88.2 Å². The minimum absolute atomic E-state index is 0.0158. The second-order valence-electron chi connectivity index (χ2n) is 8.73. The molecule has 1 aliphatic rings. The van der Waals surface area contributed by atoms with E-state index in [9.17, 15) is 14.9 Å². The van der Waals surface area contributed by atoms with Gasteiger partial charge in [0, 0.05) is 29.4 Å². The first kappa shape index (κ1) is 23.7. The van der Waals surface area contributed by atoms with Crippen LogP contribution >= 0.6 is 0 Å². The standard InChI is InChI=1S/C28H26N4O3/c1-18(2)16-31-27(33)24(19(3)25(15-29)28(31)34)14-21-17-32(22-8-6-5-7-9-22)30-26(21)20-10-12-23(35-4)13-11-20/h5-14,17-18H,16H2,1-4H3/b24-14+. The van der Waals surface area contributed by atoms with Crippen molar-refractivity contribution in [1.82, 2.24) is 14.7 Å². The number of nitriles is 1. The minimum Gasteiger partial charge on any atom is -0.497 e. The lowest BCUT2D eigenvalue weighted by atomic mass is 9.92. The smallest absolute Gasteiger partial charge is 0.271 e. The zero-order valence-electron chi connectivity index (χ0n) is 20.1. The van der Waals surface area contributed by atoms with Gasteiger partial charge < -0.3 is 4.74 Å². The van der Waals surface area contributed by atoms with E-state index in [1.54, 1.807) is 24.8 Å². The zero-order valence-corrected chi connectivity index (χ0v) is 20.1. The molecule has 0 atom stereocenters. The first-order valence-corrected chi connectivity index (χ1v) is 11.3. The number of carbonyl (C=O) groups excluding carboxylic acids is 2. The third kappa shape index (κ3) is 4.64. The van der Waals surface area contributed by atoms with Gasteiger partial charge in [-0.2, -0.15) is 10.4 Å². The number of benzene rings is 2. The normalized spacial score (nSPS) is 15.2. The third-order valence-electron chi connectivity index (χ3n) is 5.80. The van der Waals surface area contributed by atoms with Gasteiger partial charge in [-0.1, -0.05) is 32.0 Å². The Hall–Kier alpha value is -4.44. The maximum atomic E-state index is 13.4. The van der Waals surface area contributed by atoms with Gasteiger partial charge in [0.25, 0.3) is 11.8 Å². The maximum Gasteiger partial charge on any atom is 0.271 e. The summed E-state index contributed by atoms with van der Waals surface area (Å²) < 4.78 is 7.03. The molecule has 0 unspecified atom stereocenters. The lowest BCUT2D eigenvalue weighted by Crippen LogP contribution is -2.44. The van der Waals surface area contributed by atoms with E-state index in [1.165, 1.54) is 0 Å². The van der Waals surface area contributed by atoms with Gasteiger partial charge in [-0.15, -0.1) is 0 Å². The molecule has 0 fully saturated rings. The van der Waals surface area contributed by atoms with Crippen LogP contribution in [0, 0.1) is 17.2 Å². The Labute approximate surface area is 204 Å². The Morgan fingerprint density at radius 3 is 2.34 bits per heavy atom. The molecule has 0 saturated heterocycles. The summed E-state index contributed by atoms with van der Waals surface area (Å²) in [4.78, 5) is 27.4. The Morgan fingerprint density at radius 1 is 1.06 bits per heavy atom. The Balaban J connectivity index is 1.90. The molecule has 0 bridgehead atoms. The molecule has 0 saturated carbocycles. The van der Waals surface area contributed by atoms with Gasteiger partial charge in [-0.25, -0.2) is 4.68 Å². The van der Waals surface area contributed by atoms with Crippen molar-refractivity contribution in [3.8, 4) is 28.8 Å². The average molecular weight is 467 g/mol. The summed E-state index contributed by atoms with van der Waals surface area (Å²) in [5, 5.41) is 14.5. The quantitative estimate of drug-likeness (QED) is 0.385. The molecule has 1 aliphatic heterocycles. The number of rotatable bonds is 6. The van der Waals surface area contributed by atoms with Crippen LogP contribution in [0.25, 0.3) is 23.0 Å². The SMILES string of the molecule is COc1ccc(-c2nn(-c3ccccc3)cc2/C=C2/C(=O)N(CC(C)C)C(=O)C(C#N)=C2C)cc1. The summed E-state index contributed by atoms with van der Waals surface area (Å²) in [7, 11) is 1.61. The predicted octanol–water partition coefficient (Wildman–Crippen LogP) is 4.80. The van der Waals surface area contributed by atoms with Crippen LogP contribution in [-0.4, -0.2) is 40.1 Å². The first-order valence-electron chi connectivity index (χ1n) is 11.3. The number of amides is 2. The van der Waals surface area contributed by atoms with Crippen molar-refractivity contribution >= 4 is 17.9 Å². The number of imide groups is 1. The van der Waals surface area contributed by atoms with Gasteiger partial charge in [0.05, 0.1) is 18.5 Å². The number of methoxy groups -OCH3 is 1. The Kier molecular flexibility index (Phi) is 6.65. The van der Waals surface area contributed by atoms with Gasteiger partial charge in [-0.05, 0) is 60.9 Å². The van der Waals surface area contributed by atoms with Crippen LogP contribution < -0.4 is 4.74 Å². The van der Waals surface area contributed by atoms with E-state index in [4.69, 9.17) is 9.84 Å². The summed E-state index contributed by atoms with van der Waals surface area (Å²) >= 11 is 0. The zero-order chi connectivity index (χ0) is 25.1. The first-order chi connectivity index (χ1) is 16.8. The Bertz CT molecular complexity index is 1370. The molecule has 2 amide bonds. The Morgan fingerprint density at radius 2 is 1.74 bits per heavy atom. The molecule has 2 aromatic carbocycles. The molecule has 7 heteroatoms. The highest BCUT2D eigenvalue weighted by Crippen LogP contribution is 2.32. The summed E-state index contributed by atoms with van der Waals surface area (Å²) in [6.07, 6.45) is 3.57. The van der Waals surface area contributed by atoms with Gasteiger partial charge in [0.2, 0.25) is 0 Å². The van der Waals surface area contributed by atoms with E-state index in [0.29, 0.717) is 22.4 Å². The molecule has 0 N–H and O–H groups in total. The largest absolute Gasteiger partial charge is 0.497 e. The van der Waals surface area contributed by atoms with Crippen molar-refractivity contribution in [2.45, 2.75) is 20.8 Å². The number of hydrogen-bond donors (Lipinski definition) is 0. The summed E-state index contributed by atoms with van der Waals surface area (Å²) in [6.45, 7) is 5.73. The van der Waals surface area contributed by atoms with E-state index >= 15 is 0 Å². The molecule has 0 spiro atoms. The molecular formula is C28H26N4O3. The third-order valence-corrected chi connectivity index (χ3v) is 5.80. The van der Waals surface area contributed by atoms with E-state index < -0.39 is 11.8 Å². The molecular weight excluding hydrogens is 440 g/mol. The molecule has 0 radical (unpaired) electrons. The molecule has 1 aromatic heterocycles. The second kappa shape index (κ2) is 9.82. The molecule has 0 aliphatic carbocycles. The van der Waals surface area contributed by atoms with Crippen LogP contribution in [-0.2, 0) is 9.59 Å². The number of aromatic nitrogens is 2. The maximum absolute atomic E-state index is 13.4. The monoisotopic (exact) mass is 466 g/mol. The van der Waals surface area contributed by atoms with Crippen molar-refractivity contribution in [3.63, 3.8) is 0 Å². The summed E-state index contributed by atoms with van der Waals surface area (Å²) in [5.74, 6) is -0.165. The van der Waals surface area contributed by atoms with Crippen LogP contribution in [0.5, 0.6) is 5.75 Å². The van der Waals surface area contributed by atoms with Gasteiger partial charge in [0.1, 0.15) is 17.4 Å². The van der Waals surface area contributed by atoms with Gasteiger partial charge in [0.15, 0.2) is 0 Å². The van der Waals surface area contributed by atoms with Crippen molar-refractivity contribution in [1.29, 1.82) is 5.26 Å². The molecule has 2 heterocycles. The van der Waals surface area contributed by atoms with Crippen LogP contribution in [0.4, 0.5) is 0 Å². The average Bonchev–Trinajstić information content (AvgIpc) is 3.29. The summed E-state index contributed by atoms with van der Waals surface area (Å²) in [6, 6.07) is 19.2. The van der Waals surface area contributed by atoms with Gasteiger partial charge >= 0.3 is 0 Å². The highest BCUT2D eigenvalue weighted by molar-refractivity contribution is 6.19. The van der Waals surface area contributed by atoms with Crippen molar-refractivity contribution in [2.75, 3.05) is 13.7 Å². The molecule has 176 valence electrons. The number of ether oxygens (including phenoxy) is 1. The lowest BCUT2D eigenvalue weighted by Gasteiger charge is -2.28. The predicted molar refractivity (Wildman–Crippen MR) is 133 cm³/mol. The minimum atomic E-state index is -0.545. The highest BCUT2D eigenvalue weighted by Gasteiger charge is 2.35. The van der Waals surface area contributed by atoms with E-state index in [2.05, 4.69) is 0 Å². The van der Waals surface area contributed by atoms with Crippen molar-refractivity contribution in [2.24, 2.45) is 5.92 Å². The fourth-order valence-electron chi connectivity index (χ4n) is 4.00. The van der Waals surface area contributed by atoms with Crippen molar-refractivity contribution in [3.05, 3.63) is 83.1 Å². The molecule has 35 heavy (non-hydrogen) atoms. The summed E-state index contributed by atoms with van der Waals surface area (Å²) in [5.41, 5.74) is 3.72. The number of para-hydroxylation sites is 1. The second-order valence-corrected chi connectivity index (χ2v) is 8.73. The van der Waals surface area contributed by atoms with Crippen LogP contribution in [0.2, 0.25) is 0 Å². The number of carbonyl (C=O) groups is 2. The highest BCUT2D eigenvalue weighted by atomic mass is 16.5. The lowest BCUT2D eigenvalue weighted by molar-refractivity contribution is -0.141. The van der Waals surface area contributed by atoms with E-state index in [0.717, 1.165) is 21.9 Å². The van der Waals surface area contributed by atoms with Gasteiger partial charge in [-0.3, -0.25) is 14.5 Å². The van der Waals surface area contributed by atoms with Crippen molar-refractivity contribution < 1.29 is 14.3 Å². The van der Waals surface area contributed by atoms with Crippen LogP contribution in [0.3, 0.4) is 0 Å². The fraction of sp³-hybridized carbons (Fsp3) is 0.214. The van der Waals surface area contributed by atoms with Crippen LogP contribution in [0.15, 0.2) is 77.5 Å². The fourth-order valence-corrected chi connectivity index (χ4v) is 4.00. The van der Waals surface area contributed by atoms with E-state index in [-0.39, 0.29) is 18.0 Å². The number of nitrogens with zero attached hydrogens (tertiary/aromatic N) is 4. The molecule has 7 nitrogen and oxygen atoms in total. The molecule has 3 aromatic rings. The molecule has 4 rings (SSSR count). The van der Waals surface area contributed by atoms with Crippen LogP contribution in [0.1, 0.15) is 26.3 Å². The van der Waals surface area contributed by atoms with E-state index in [1.807, 2.05) is 80.7 Å². The number of hydrogen-bond acceptors (Lipinski definition) is 5.